The fraction of sp³-hybridized carbons (Fsp3) is 0.474. The van der Waals surface area contributed by atoms with Crippen LogP contribution in [0.1, 0.15) is 34.8 Å². The van der Waals surface area contributed by atoms with E-state index in [1.165, 1.54) is 12.8 Å². The minimum atomic E-state index is -2.54. The van der Waals surface area contributed by atoms with Crippen LogP contribution in [0.3, 0.4) is 0 Å². The van der Waals surface area contributed by atoms with Gasteiger partial charge in [-0.15, -0.1) is 0 Å². The second kappa shape index (κ2) is 7.50. The summed E-state index contributed by atoms with van der Waals surface area (Å²) < 4.78 is 27.5. The fourth-order valence-corrected chi connectivity index (χ4v) is 4.14. The quantitative estimate of drug-likeness (QED) is 0.730. The molecule has 0 spiro atoms. The van der Waals surface area contributed by atoms with Crippen molar-refractivity contribution in [3.63, 3.8) is 0 Å². The molecule has 0 unspecified atom stereocenters. The van der Waals surface area contributed by atoms with Gasteiger partial charge in [-0.1, -0.05) is 23.9 Å². The van der Waals surface area contributed by atoms with Crippen molar-refractivity contribution >= 4 is 23.5 Å². The van der Waals surface area contributed by atoms with Gasteiger partial charge in [0.25, 0.3) is 11.7 Å². The monoisotopic (exact) mass is 392 g/mol. The standard InChI is InChI=1S/C19H22F2N4OS/c1-23-17(12-15(22-23)13-6-7-13)24-8-10-25(11-9-24)18(26)14-4-2-3-5-16(14)27-19(20)21/h2-5,12-13,19H,6-11H2,1H3. The van der Waals surface area contributed by atoms with Crippen molar-refractivity contribution in [1.29, 1.82) is 0 Å². The van der Waals surface area contributed by atoms with Gasteiger partial charge in [0, 0.05) is 50.1 Å². The van der Waals surface area contributed by atoms with Crippen LogP contribution < -0.4 is 4.90 Å². The number of benzene rings is 1. The van der Waals surface area contributed by atoms with E-state index in [0.717, 1.165) is 11.5 Å². The Hall–Kier alpha value is -2.09. The van der Waals surface area contributed by atoms with Crippen LogP contribution in [0.2, 0.25) is 0 Å². The van der Waals surface area contributed by atoms with Crippen molar-refractivity contribution in [3.8, 4) is 0 Å². The van der Waals surface area contributed by atoms with Gasteiger partial charge in [0.05, 0.1) is 11.3 Å². The maximum absolute atomic E-state index is 12.8. The Bertz CT molecular complexity index is 829. The summed E-state index contributed by atoms with van der Waals surface area (Å²) in [5, 5.41) is 4.61. The molecule has 1 saturated heterocycles. The Kier molecular flexibility index (Phi) is 5.08. The van der Waals surface area contributed by atoms with E-state index in [2.05, 4.69) is 16.1 Å². The first-order valence-corrected chi connectivity index (χ1v) is 10.0. The lowest BCUT2D eigenvalue weighted by atomic mass is 10.1. The summed E-state index contributed by atoms with van der Waals surface area (Å²) in [5.74, 6) is -1.03. The van der Waals surface area contributed by atoms with Gasteiger partial charge < -0.3 is 9.80 Å². The van der Waals surface area contributed by atoms with E-state index in [1.807, 2.05) is 11.7 Å². The zero-order chi connectivity index (χ0) is 19.0. The fourth-order valence-electron chi connectivity index (χ4n) is 3.50. The molecule has 2 aliphatic rings. The van der Waals surface area contributed by atoms with E-state index < -0.39 is 5.76 Å². The van der Waals surface area contributed by atoms with E-state index in [-0.39, 0.29) is 5.91 Å². The molecule has 0 bridgehead atoms. The highest BCUT2D eigenvalue weighted by molar-refractivity contribution is 7.99. The van der Waals surface area contributed by atoms with Crippen molar-refractivity contribution < 1.29 is 13.6 Å². The largest absolute Gasteiger partial charge is 0.353 e. The molecule has 8 heteroatoms. The molecule has 0 atom stereocenters. The molecule has 1 aliphatic heterocycles. The zero-order valence-electron chi connectivity index (χ0n) is 15.1. The number of hydrogen-bond donors (Lipinski definition) is 0. The summed E-state index contributed by atoms with van der Waals surface area (Å²) in [7, 11) is 1.95. The molecule has 1 saturated carbocycles. The number of carbonyl (C=O) groups is 1. The minimum absolute atomic E-state index is 0.179. The lowest BCUT2D eigenvalue weighted by Crippen LogP contribution is -2.49. The molecule has 1 aliphatic carbocycles. The SMILES string of the molecule is Cn1nc(C2CC2)cc1N1CCN(C(=O)c2ccccc2SC(F)F)CC1. The van der Waals surface area contributed by atoms with Crippen LogP contribution >= 0.6 is 11.8 Å². The molecule has 2 fully saturated rings. The van der Waals surface area contributed by atoms with E-state index in [0.29, 0.717) is 54.3 Å². The van der Waals surface area contributed by atoms with E-state index in [1.54, 1.807) is 29.2 Å². The van der Waals surface area contributed by atoms with Crippen molar-refractivity contribution in [3.05, 3.63) is 41.6 Å². The van der Waals surface area contributed by atoms with Crippen LogP contribution in [0, 0.1) is 0 Å². The van der Waals surface area contributed by atoms with Crippen LogP contribution in [0.5, 0.6) is 0 Å². The van der Waals surface area contributed by atoms with Gasteiger partial charge in [-0.25, -0.2) is 0 Å². The molecule has 5 nitrogen and oxygen atoms in total. The highest BCUT2D eigenvalue weighted by Gasteiger charge is 2.29. The summed E-state index contributed by atoms with van der Waals surface area (Å²) >= 11 is 0.425. The van der Waals surface area contributed by atoms with E-state index >= 15 is 0 Å². The van der Waals surface area contributed by atoms with Gasteiger partial charge in [-0.05, 0) is 25.0 Å². The summed E-state index contributed by atoms with van der Waals surface area (Å²) in [6.07, 6.45) is 2.43. The number of amides is 1. The third-order valence-electron chi connectivity index (χ3n) is 5.09. The number of aryl methyl sites for hydroxylation is 1. The lowest BCUT2D eigenvalue weighted by Gasteiger charge is -2.36. The average molecular weight is 392 g/mol. The molecular weight excluding hydrogens is 370 g/mol. The molecule has 1 amide bonds. The predicted molar refractivity (Wildman–Crippen MR) is 102 cm³/mol. The Morgan fingerprint density at radius 2 is 1.89 bits per heavy atom. The third-order valence-corrected chi connectivity index (χ3v) is 5.88. The molecule has 4 rings (SSSR count). The summed E-state index contributed by atoms with van der Waals surface area (Å²) in [4.78, 5) is 17.2. The second-order valence-corrected chi connectivity index (χ2v) is 8.01. The van der Waals surface area contributed by atoms with Crippen LogP contribution in [-0.4, -0.2) is 52.5 Å². The van der Waals surface area contributed by atoms with E-state index in [4.69, 9.17) is 0 Å². The smallest absolute Gasteiger partial charge is 0.288 e. The Morgan fingerprint density at radius 3 is 2.56 bits per heavy atom. The average Bonchev–Trinajstić information content (AvgIpc) is 3.44. The minimum Gasteiger partial charge on any atom is -0.353 e. The molecule has 0 radical (unpaired) electrons. The number of halogens is 2. The highest BCUT2D eigenvalue weighted by Crippen LogP contribution is 2.40. The Morgan fingerprint density at radius 1 is 1.19 bits per heavy atom. The van der Waals surface area contributed by atoms with Gasteiger partial charge in [0.2, 0.25) is 0 Å². The second-order valence-electron chi connectivity index (χ2n) is 6.98. The molecule has 0 N–H and O–H groups in total. The number of hydrogen-bond acceptors (Lipinski definition) is 4. The van der Waals surface area contributed by atoms with Crippen molar-refractivity contribution in [2.75, 3.05) is 31.1 Å². The van der Waals surface area contributed by atoms with Gasteiger partial charge in [0.15, 0.2) is 0 Å². The number of carbonyl (C=O) groups excluding carboxylic acids is 1. The first-order chi connectivity index (χ1) is 13.0. The number of alkyl halides is 2. The Labute approximate surface area is 161 Å². The van der Waals surface area contributed by atoms with Crippen LogP contribution in [0.25, 0.3) is 0 Å². The third kappa shape index (κ3) is 3.95. The molecule has 1 aromatic carbocycles. The normalized spacial score (nSPS) is 17.6. The maximum atomic E-state index is 12.8. The first kappa shape index (κ1) is 18.3. The zero-order valence-corrected chi connectivity index (χ0v) is 16.0. The number of thioether (sulfide) groups is 1. The number of nitrogens with zero attached hydrogens (tertiary/aromatic N) is 4. The summed E-state index contributed by atoms with van der Waals surface area (Å²) in [6, 6.07) is 8.76. The van der Waals surface area contributed by atoms with Gasteiger partial charge >= 0.3 is 0 Å². The molecule has 144 valence electrons. The van der Waals surface area contributed by atoms with Gasteiger partial charge in [-0.2, -0.15) is 13.9 Å². The highest BCUT2D eigenvalue weighted by atomic mass is 32.2. The summed E-state index contributed by atoms with van der Waals surface area (Å²) in [5.41, 5.74) is 1.51. The van der Waals surface area contributed by atoms with Crippen molar-refractivity contribution in [2.45, 2.75) is 29.4 Å². The topological polar surface area (TPSA) is 41.4 Å². The van der Waals surface area contributed by atoms with Gasteiger partial charge in [-0.3, -0.25) is 9.48 Å². The molecule has 27 heavy (non-hydrogen) atoms. The summed E-state index contributed by atoms with van der Waals surface area (Å²) in [6.45, 7) is 2.55. The van der Waals surface area contributed by atoms with Gasteiger partial charge in [0.1, 0.15) is 5.82 Å². The molecule has 1 aromatic heterocycles. The molecule has 2 aromatic rings. The van der Waals surface area contributed by atoms with Crippen molar-refractivity contribution in [2.24, 2.45) is 7.05 Å². The van der Waals surface area contributed by atoms with Crippen molar-refractivity contribution in [1.82, 2.24) is 14.7 Å². The van der Waals surface area contributed by atoms with E-state index in [9.17, 15) is 13.6 Å². The molecular formula is C19H22F2N4OS. The van der Waals surface area contributed by atoms with Crippen LogP contribution in [0.4, 0.5) is 14.6 Å². The first-order valence-electron chi connectivity index (χ1n) is 9.15. The Balaban J connectivity index is 1.43. The molecule has 2 heterocycles. The number of rotatable bonds is 5. The number of anilines is 1. The maximum Gasteiger partial charge on any atom is 0.288 e. The number of aromatic nitrogens is 2. The lowest BCUT2D eigenvalue weighted by molar-refractivity contribution is 0.0743. The number of piperazine rings is 1. The van der Waals surface area contributed by atoms with Crippen LogP contribution in [-0.2, 0) is 7.05 Å². The predicted octanol–water partition coefficient (Wildman–Crippen LogP) is 3.57. The van der Waals surface area contributed by atoms with Crippen LogP contribution in [0.15, 0.2) is 35.2 Å².